The van der Waals surface area contributed by atoms with E-state index in [0.29, 0.717) is 18.9 Å². The second-order valence-electron chi connectivity index (χ2n) is 7.24. The van der Waals surface area contributed by atoms with Gasteiger partial charge in [0, 0.05) is 33.2 Å². The van der Waals surface area contributed by atoms with Gasteiger partial charge in [-0.05, 0) is 38.8 Å². The van der Waals surface area contributed by atoms with Crippen molar-refractivity contribution in [3.63, 3.8) is 0 Å². The van der Waals surface area contributed by atoms with Gasteiger partial charge in [-0.1, -0.05) is 18.2 Å². The van der Waals surface area contributed by atoms with Gasteiger partial charge in [-0.3, -0.25) is 4.79 Å². The zero-order chi connectivity index (χ0) is 18.9. The van der Waals surface area contributed by atoms with Crippen molar-refractivity contribution >= 4 is 5.91 Å². The van der Waals surface area contributed by atoms with Crippen LogP contribution in [0, 0.1) is 0 Å². The quantitative estimate of drug-likeness (QED) is 0.834. The van der Waals surface area contributed by atoms with Crippen LogP contribution in [-0.4, -0.2) is 51.0 Å². The van der Waals surface area contributed by atoms with Gasteiger partial charge >= 0.3 is 5.69 Å². The average Bonchev–Trinajstić information content (AvgIpc) is 2.96. The first-order valence-corrected chi connectivity index (χ1v) is 8.91. The van der Waals surface area contributed by atoms with Crippen molar-refractivity contribution in [2.24, 2.45) is 7.05 Å². The van der Waals surface area contributed by atoms with Crippen molar-refractivity contribution in [3.05, 3.63) is 46.6 Å². The normalized spacial score (nSPS) is 18.2. The molecule has 1 aliphatic heterocycles. The Labute approximate surface area is 153 Å². The average molecular weight is 358 g/mol. The fourth-order valence-corrected chi connectivity index (χ4v) is 3.41. The number of aromatic nitrogens is 3. The van der Waals surface area contributed by atoms with E-state index < -0.39 is 5.60 Å². The molecule has 1 amide bonds. The Balaban J connectivity index is 1.94. The number of hydrogen-bond donors (Lipinski definition) is 0. The van der Waals surface area contributed by atoms with E-state index in [1.54, 1.807) is 32.6 Å². The van der Waals surface area contributed by atoms with Crippen LogP contribution in [0.3, 0.4) is 0 Å². The summed E-state index contributed by atoms with van der Waals surface area (Å²) in [7, 11) is 3.20. The number of amides is 1. The third-order valence-electron chi connectivity index (χ3n) is 5.06. The maximum absolute atomic E-state index is 12.8. The van der Waals surface area contributed by atoms with Crippen LogP contribution in [0.25, 0.3) is 5.69 Å². The summed E-state index contributed by atoms with van der Waals surface area (Å²) in [5.74, 6) is 0.681. The molecule has 1 aromatic carbocycles. The summed E-state index contributed by atoms with van der Waals surface area (Å²) < 4.78 is 8.36. The van der Waals surface area contributed by atoms with Crippen molar-refractivity contribution < 1.29 is 9.53 Å². The van der Waals surface area contributed by atoms with E-state index >= 15 is 0 Å². The highest BCUT2D eigenvalue weighted by Crippen LogP contribution is 2.28. The predicted molar refractivity (Wildman–Crippen MR) is 98.4 cm³/mol. The van der Waals surface area contributed by atoms with E-state index in [1.807, 2.05) is 35.2 Å². The highest BCUT2D eigenvalue weighted by molar-refractivity contribution is 5.84. The molecular weight excluding hydrogens is 332 g/mol. The largest absolute Gasteiger partial charge is 0.369 e. The number of para-hydroxylation sites is 1. The van der Waals surface area contributed by atoms with Gasteiger partial charge in [0.1, 0.15) is 11.4 Å². The van der Waals surface area contributed by atoms with Crippen molar-refractivity contribution in [3.8, 4) is 5.69 Å². The Morgan fingerprint density at radius 1 is 1.27 bits per heavy atom. The van der Waals surface area contributed by atoms with Crippen molar-refractivity contribution in [2.45, 2.75) is 38.2 Å². The molecule has 26 heavy (non-hydrogen) atoms. The number of methoxy groups -OCH3 is 1. The molecule has 2 aromatic rings. The predicted octanol–water partition coefficient (Wildman–Crippen LogP) is 1.70. The minimum atomic E-state index is -0.856. The minimum absolute atomic E-state index is 0.00876. The lowest BCUT2D eigenvalue weighted by atomic mass is 9.95. The van der Waals surface area contributed by atoms with Crippen LogP contribution in [0.2, 0.25) is 0 Å². The van der Waals surface area contributed by atoms with Crippen LogP contribution < -0.4 is 5.69 Å². The Kier molecular flexibility index (Phi) is 5.00. The molecular formula is C19H26N4O3. The molecule has 1 aromatic heterocycles. The van der Waals surface area contributed by atoms with E-state index in [1.165, 1.54) is 4.68 Å². The maximum atomic E-state index is 12.8. The molecule has 2 heterocycles. The summed E-state index contributed by atoms with van der Waals surface area (Å²) in [6, 6.07) is 9.50. The lowest BCUT2D eigenvalue weighted by Gasteiger charge is -2.36. The van der Waals surface area contributed by atoms with Gasteiger partial charge < -0.3 is 9.64 Å². The molecule has 0 radical (unpaired) electrons. The number of likely N-dealkylation sites (tertiary alicyclic amines) is 1. The number of carbonyl (C=O) groups excluding carboxylic acids is 1. The zero-order valence-corrected chi connectivity index (χ0v) is 15.8. The number of carbonyl (C=O) groups is 1. The summed E-state index contributed by atoms with van der Waals surface area (Å²) in [6.07, 6.45) is 1.76. The minimum Gasteiger partial charge on any atom is -0.369 e. The molecule has 1 fully saturated rings. The van der Waals surface area contributed by atoms with E-state index in [9.17, 15) is 9.59 Å². The first kappa shape index (κ1) is 18.4. The summed E-state index contributed by atoms with van der Waals surface area (Å²) in [4.78, 5) is 27.2. The second kappa shape index (κ2) is 7.07. The standard InChI is InChI=1S/C19H26N4O3/c1-19(2,26-4)17(24)22-12-8-9-14(13-22)16-20-21(3)18(25)23(16)15-10-6-5-7-11-15/h5-7,10-11,14H,8-9,12-13H2,1-4H3. The monoisotopic (exact) mass is 358 g/mol. The first-order chi connectivity index (χ1) is 12.3. The van der Waals surface area contributed by atoms with Crippen LogP contribution >= 0.6 is 0 Å². The zero-order valence-electron chi connectivity index (χ0n) is 15.8. The van der Waals surface area contributed by atoms with Crippen LogP contribution in [0.1, 0.15) is 38.4 Å². The smallest absolute Gasteiger partial charge is 0.350 e. The molecule has 0 N–H and O–H groups in total. The highest BCUT2D eigenvalue weighted by Gasteiger charge is 2.36. The van der Waals surface area contributed by atoms with Gasteiger partial charge in [0.05, 0.1) is 5.69 Å². The van der Waals surface area contributed by atoms with Gasteiger partial charge in [-0.15, -0.1) is 0 Å². The topological polar surface area (TPSA) is 69.4 Å². The molecule has 140 valence electrons. The Hall–Kier alpha value is -2.41. The molecule has 3 rings (SSSR count). The summed E-state index contributed by atoms with van der Waals surface area (Å²) in [5.41, 5.74) is -0.237. The molecule has 0 bridgehead atoms. The molecule has 7 nitrogen and oxygen atoms in total. The number of benzene rings is 1. The molecule has 1 aliphatic rings. The summed E-state index contributed by atoms with van der Waals surface area (Å²) in [5, 5.41) is 4.48. The molecule has 0 aliphatic carbocycles. The van der Waals surface area contributed by atoms with Gasteiger partial charge in [0.2, 0.25) is 0 Å². The number of hydrogen-bond acceptors (Lipinski definition) is 4. The fraction of sp³-hybridized carbons (Fsp3) is 0.526. The number of ether oxygens (including phenoxy) is 1. The molecule has 7 heteroatoms. The van der Waals surface area contributed by atoms with Crippen molar-refractivity contribution in [1.82, 2.24) is 19.2 Å². The number of aryl methyl sites for hydroxylation is 1. The van der Waals surface area contributed by atoms with Crippen LogP contribution in [0.15, 0.2) is 35.1 Å². The third-order valence-corrected chi connectivity index (χ3v) is 5.06. The summed E-state index contributed by atoms with van der Waals surface area (Å²) >= 11 is 0. The third kappa shape index (κ3) is 3.31. The Bertz CT molecular complexity index is 838. The Morgan fingerprint density at radius 2 is 1.96 bits per heavy atom. The highest BCUT2D eigenvalue weighted by atomic mass is 16.5. The second-order valence-corrected chi connectivity index (χ2v) is 7.24. The number of piperidine rings is 1. The lowest BCUT2D eigenvalue weighted by molar-refractivity contribution is -0.152. The van der Waals surface area contributed by atoms with Gasteiger partial charge in [-0.25, -0.2) is 14.0 Å². The van der Waals surface area contributed by atoms with E-state index in [0.717, 1.165) is 18.5 Å². The van der Waals surface area contributed by atoms with Crippen LogP contribution in [0.4, 0.5) is 0 Å². The van der Waals surface area contributed by atoms with E-state index in [2.05, 4.69) is 5.10 Å². The Morgan fingerprint density at radius 3 is 2.62 bits per heavy atom. The van der Waals surface area contributed by atoms with E-state index in [4.69, 9.17) is 4.74 Å². The van der Waals surface area contributed by atoms with Crippen LogP contribution in [0.5, 0.6) is 0 Å². The molecule has 1 unspecified atom stereocenters. The van der Waals surface area contributed by atoms with Crippen molar-refractivity contribution in [2.75, 3.05) is 20.2 Å². The van der Waals surface area contributed by atoms with E-state index in [-0.39, 0.29) is 17.5 Å². The number of rotatable bonds is 4. The van der Waals surface area contributed by atoms with Crippen molar-refractivity contribution in [1.29, 1.82) is 0 Å². The first-order valence-electron chi connectivity index (χ1n) is 8.91. The molecule has 0 saturated carbocycles. The molecule has 0 spiro atoms. The molecule has 1 atom stereocenters. The van der Waals surface area contributed by atoms with Gasteiger partial charge in [-0.2, -0.15) is 5.10 Å². The fourth-order valence-electron chi connectivity index (χ4n) is 3.41. The maximum Gasteiger partial charge on any atom is 0.350 e. The molecule has 1 saturated heterocycles. The summed E-state index contributed by atoms with van der Waals surface area (Å²) in [6.45, 7) is 4.79. The SMILES string of the molecule is COC(C)(C)C(=O)N1CCCC(c2nn(C)c(=O)n2-c2ccccc2)C1. The van der Waals surface area contributed by atoms with Crippen LogP contribution in [-0.2, 0) is 16.6 Å². The lowest BCUT2D eigenvalue weighted by Crippen LogP contribution is -2.50. The van der Waals surface area contributed by atoms with Gasteiger partial charge in [0.15, 0.2) is 0 Å². The van der Waals surface area contributed by atoms with Gasteiger partial charge in [0.25, 0.3) is 5.91 Å². The number of nitrogens with zero attached hydrogens (tertiary/aromatic N) is 4.